The molecule has 0 aromatic carbocycles. The van der Waals surface area contributed by atoms with Gasteiger partial charge in [0.2, 0.25) is 0 Å². The van der Waals surface area contributed by atoms with Gasteiger partial charge >= 0.3 is 0 Å². The molecular formula is C10H17F3OS. The van der Waals surface area contributed by atoms with E-state index >= 15 is 0 Å². The van der Waals surface area contributed by atoms with Gasteiger partial charge in [-0.05, 0) is 13.3 Å². The normalized spacial score (nSPS) is 13.9. The first-order valence-corrected chi connectivity index (χ1v) is 6.03. The van der Waals surface area contributed by atoms with Gasteiger partial charge in [0, 0.05) is 25.0 Å². The summed E-state index contributed by atoms with van der Waals surface area (Å²) in [6.45, 7) is 2.86. The molecule has 1 unspecified atom stereocenters. The van der Waals surface area contributed by atoms with Crippen LogP contribution < -0.4 is 0 Å². The first-order valence-electron chi connectivity index (χ1n) is 5.05. The number of rotatable bonds is 7. The molecule has 0 bridgehead atoms. The van der Waals surface area contributed by atoms with E-state index in [2.05, 4.69) is 0 Å². The van der Waals surface area contributed by atoms with Gasteiger partial charge < -0.3 is 0 Å². The van der Waals surface area contributed by atoms with Gasteiger partial charge in [0.25, 0.3) is 5.92 Å². The van der Waals surface area contributed by atoms with Crippen molar-refractivity contribution >= 4 is 16.9 Å². The maximum Gasteiger partial charge on any atom is 0.250 e. The predicted octanol–water partition coefficient (Wildman–Crippen LogP) is 3.82. The van der Waals surface area contributed by atoms with E-state index in [4.69, 9.17) is 0 Å². The summed E-state index contributed by atoms with van der Waals surface area (Å²) in [5.41, 5.74) is 0. The first-order chi connectivity index (χ1) is 6.87. The molecule has 0 radical (unpaired) electrons. The number of alkyl halides is 3. The molecule has 1 nitrogen and oxygen atoms in total. The third-order valence-electron chi connectivity index (χ3n) is 1.82. The smallest absolute Gasteiger partial charge is 0.250 e. The van der Waals surface area contributed by atoms with Crippen LogP contribution in [0.3, 0.4) is 0 Å². The monoisotopic (exact) mass is 242 g/mol. The zero-order chi connectivity index (χ0) is 11.9. The number of hydrogen-bond donors (Lipinski definition) is 0. The molecule has 90 valence electrons. The highest BCUT2D eigenvalue weighted by Gasteiger charge is 2.30. The average molecular weight is 242 g/mol. The molecule has 0 aliphatic rings. The minimum Gasteiger partial charge on any atom is -0.287 e. The second-order valence-electron chi connectivity index (χ2n) is 3.52. The van der Waals surface area contributed by atoms with Gasteiger partial charge in [-0.1, -0.05) is 18.7 Å². The van der Waals surface area contributed by atoms with Crippen LogP contribution in [0.15, 0.2) is 0 Å². The molecule has 0 heterocycles. The maximum atomic E-state index is 12.9. The summed E-state index contributed by atoms with van der Waals surface area (Å²) in [6.07, 6.45) is -1.88. The molecule has 5 heteroatoms. The lowest BCUT2D eigenvalue weighted by atomic mass is 10.1. The van der Waals surface area contributed by atoms with Crippen molar-refractivity contribution in [3.8, 4) is 0 Å². The first kappa shape index (κ1) is 14.8. The Kier molecular flexibility index (Phi) is 7.05. The Bertz CT molecular complexity index is 195. The van der Waals surface area contributed by atoms with Crippen LogP contribution >= 0.6 is 11.8 Å². The van der Waals surface area contributed by atoms with Gasteiger partial charge in [-0.2, -0.15) is 0 Å². The summed E-state index contributed by atoms with van der Waals surface area (Å²) in [7, 11) is 0. The third kappa shape index (κ3) is 8.78. The summed E-state index contributed by atoms with van der Waals surface area (Å²) in [5.74, 6) is -2.55. The molecule has 1 atom stereocenters. The van der Waals surface area contributed by atoms with Crippen molar-refractivity contribution in [1.29, 1.82) is 0 Å². The fourth-order valence-electron chi connectivity index (χ4n) is 1.13. The fourth-order valence-corrected chi connectivity index (χ4v) is 1.85. The Morgan fingerprint density at radius 3 is 2.53 bits per heavy atom. The number of carbonyl (C=O) groups is 1. The average Bonchev–Trinajstić information content (AvgIpc) is 2.10. The van der Waals surface area contributed by atoms with Crippen molar-refractivity contribution in [3.05, 3.63) is 0 Å². The molecule has 0 aliphatic carbocycles. The van der Waals surface area contributed by atoms with Gasteiger partial charge in [0.15, 0.2) is 5.12 Å². The Balaban J connectivity index is 3.61. The van der Waals surface area contributed by atoms with Crippen LogP contribution in [0.25, 0.3) is 0 Å². The molecule has 0 aromatic heterocycles. The standard InChI is InChI=1S/C10H17F3OS/c1-3-9(14)15-6-4-5-10(12,13)7-8(2)11/h8H,3-7H2,1-2H3. The van der Waals surface area contributed by atoms with E-state index in [-0.39, 0.29) is 18.0 Å². The van der Waals surface area contributed by atoms with Crippen LogP contribution in [0.5, 0.6) is 0 Å². The lowest BCUT2D eigenvalue weighted by Crippen LogP contribution is -2.20. The number of carbonyl (C=O) groups excluding carboxylic acids is 1. The van der Waals surface area contributed by atoms with Gasteiger partial charge in [0.1, 0.15) is 6.17 Å². The molecule has 0 amide bonds. The van der Waals surface area contributed by atoms with Crippen molar-refractivity contribution in [2.45, 2.75) is 51.6 Å². The molecule has 15 heavy (non-hydrogen) atoms. The molecule has 0 N–H and O–H groups in total. The van der Waals surface area contributed by atoms with Crippen molar-refractivity contribution in [2.24, 2.45) is 0 Å². The minimum atomic E-state index is -2.94. The maximum absolute atomic E-state index is 12.9. The molecule has 0 aliphatic heterocycles. The molecular weight excluding hydrogens is 225 g/mol. The summed E-state index contributed by atoms with van der Waals surface area (Å²) in [5, 5.41) is 0.0113. The number of hydrogen-bond acceptors (Lipinski definition) is 2. The van der Waals surface area contributed by atoms with Crippen LogP contribution in [0, 0.1) is 0 Å². The Morgan fingerprint density at radius 1 is 1.47 bits per heavy atom. The molecule has 0 saturated heterocycles. The number of halogens is 3. The summed E-state index contributed by atoms with van der Waals surface area (Å²) in [4.78, 5) is 10.8. The second kappa shape index (κ2) is 7.14. The fraction of sp³-hybridized carbons (Fsp3) is 0.900. The largest absolute Gasteiger partial charge is 0.287 e. The van der Waals surface area contributed by atoms with Gasteiger partial charge in [-0.3, -0.25) is 4.79 Å². The highest BCUT2D eigenvalue weighted by atomic mass is 32.2. The number of thioether (sulfide) groups is 1. The second-order valence-corrected chi connectivity index (χ2v) is 4.67. The van der Waals surface area contributed by atoms with Crippen molar-refractivity contribution in [2.75, 3.05) is 5.75 Å². The summed E-state index contributed by atoms with van der Waals surface area (Å²) >= 11 is 1.07. The van der Waals surface area contributed by atoms with Crippen LogP contribution in [-0.4, -0.2) is 23.0 Å². The van der Waals surface area contributed by atoms with E-state index in [1.54, 1.807) is 6.92 Å². The van der Waals surface area contributed by atoms with E-state index in [0.29, 0.717) is 12.2 Å². The van der Waals surface area contributed by atoms with E-state index < -0.39 is 18.5 Å². The van der Waals surface area contributed by atoms with Crippen molar-refractivity contribution < 1.29 is 18.0 Å². The van der Waals surface area contributed by atoms with Gasteiger partial charge in [-0.15, -0.1) is 0 Å². The zero-order valence-corrected chi connectivity index (χ0v) is 9.88. The van der Waals surface area contributed by atoms with E-state index in [0.717, 1.165) is 18.7 Å². The summed E-state index contributed by atoms with van der Waals surface area (Å²) < 4.78 is 38.2. The predicted molar refractivity (Wildman–Crippen MR) is 57.1 cm³/mol. The van der Waals surface area contributed by atoms with Crippen LogP contribution in [0.1, 0.15) is 39.5 Å². The molecule has 0 spiro atoms. The minimum absolute atomic E-state index is 0.0113. The van der Waals surface area contributed by atoms with E-state index in [1.165, 1.54) is 0 Å². The van der Waals surface area contributed by atoms with Crippen LogP contribution in [0.4, 0.5) is 13.2 Å². The quantitative estimate of drug-likeness (QED) is 0.631. The molecule has 0 fully saturated rings. The van der Waals surface area contributed by atoms with Crippen molar-refractivity contribution in [1.82, 2.24) is 0 Å². The Hall–Kier alpha value is -0.190. The third-order valence-corrected chi connectivity index (χ3v) is 2.92. The molecule has 0 aromatic rings. The van der Waals surface area contributed by atoms with Gasteiger partial charge in [-0.25, -0.2) is 13.2 Å². The van der Waals surface area contributed by atoms with E-state index in [1.807, 2.05) is 0 Å². The molecule has 0 rings (SSSR count). The van der Waals surface area contributed by atoms with Gasteiger partial charge in [0.05, 0.1) is 0 Å². The highest BCUT2D eigenvalue weighted by Crippen LogP contribution is 2.27. The Morgan fingerprint density at radius 2 is 2.07 bits per heavy atom. The van der Waals surface area contributed by atoms with Crippen molar-refractivity contribution in [3.63, 3.8) is 0 Å². The molecule has 0 saturated carbocycles. The SMILES string of the molecule is CCC(=O)SCCCC(F)(F)CC(C)F. The lowest BCUT2D eigenvalue weighted by molar-refractivity contribution is -0.110. The van der Waals surface area contributed by atoms with Crippen LogP contribution in [-0.2, 0) is 4.79 Å². The summed E-state index contributed by atoms with van der Waals surface area (Å²) in [6, 6.07) is 0. The zero-order valence-electron chi connectivity index (χ0n) is 9.06. The lowest BCUT2D eigenvalue weighted by Gasteiger charge is -2.16. The van der Waals surface area contributed by atoms with Crippen LogP contribution in [0.2, 0.25) is 0 Å². The van der Waals surface area contributed by atoms with E-state index in [9.17, 15) is 18.0 Å². The highest BCUT2D eigenvalue weighted by molar-refractivity contribution is 8.13. The Labute approximate surface area is 92.8 Å². The topological polar surface area (TPSA) is 17.1 Å².